The first-order valence-corrected chi connectivity index (χ1v) is 5.84. The lowest BCUT2D eigenvalue weighted by molar-refractivity contribution is -0.116. The lowest BCUT2D eigenvalue weighted by Crippen LogP contribution is -2.27. The fourth-order valence-corrected chi connectivity index (χ4v) is 1.84. The highest BCUT2D eigenvalue weighted by molar-refractivity contribution is 5.91. The van der Waals surface area contributed by atoms with Crippen LogP contribution in [0.1, 0.15) is 12.5 Å². The van der Waals surface area contributed by atoms with Gasteiger partial charge in [-0.15, -0.1) is 0 Å². The SMILES string of the molecule is CC(=O)N(Cc1ccccc1)c1cccc(N)c1. The lowest BCUT2D eigenvalue weighted by Gasteiger charge is -2.21. The van der Waals surface area contributed by atoms with E-state index in [0.717, 1.165) is 11.3 Å². The Morgan fingerprint density at radius 1 is 1.11 bits per heavy atom. The van der Waals surface area contributed by atoms with E-state index in [9.17, 15) is 4.79 Å². The number of hydrogen-bond acceptors (Lipinski definition) is 2. The summed E-state index contributed by atoms with van der Waals surface area (Å²) in [4.78, 5) is 13.5. The predicted octanol–water partition coefficient (Wildman–Crippen LogP) is 2.82. The van der Waals surface area contributed by atoms with Gasteiger partial charge in [-0.1, -0.05) is 36.4 Å². The van der Waals surface area contributed by atoms with Crippen LogP contribution in [0.5, 0.6) is 0 Å². The minimum atomic E-state index is 0.00412. The van der Waals surface area contributed by atoms with E-state index < -0.39 is 0 Å². The second-order valence-corrected chi connectivity index (χ2v) is 4.19. The highest BCUT2D eigenvalue weighted by atomic mass is 16.2. The quantitative estimate of drug-likeness (QED) is 0.838. The topological polar surface area (TPSA) is 46.3 Å². The first kappa shape index (κ1) is 12.2. The molecular weight excluding hydrogens is 224 g/mol. The van der Waals surface area contributed by atoms with Crippen molar-refractivity contribution in [3.63, 3.8) is 0 Å². The van der Waals surface area contributed by atoms with Crippen LogP contribution in [0.4, 0.5) is 11.4 Å². The molecule has 0 fully saturated rings. The zero-order valence-electron chi connectivity index (χ0n) is 10.3. The van der Waals surface area contributed by atoms with E-state index in [1.165, 1.54) is 0 Å². The zero-order valence-corrected chi connectivity index (χ0v) is 10.3. The summed E-state index contributed by atoms with van der Waals surface area (Å²) in [5.41, 5.74) is 8.33. The minimum Gasteiger partial charge on any atom is -0.399 e. The molecule has 0 aliphatic rings. The average Bonchev–Trinajstić information content (AvgIpc) is 2.37. The van der Waals surface area contributed by atoms with Gasteiger partial charge in [0.2, 0.25) is 5.91 Å². The maximum absolute atomic E-state index is 11.7. The number of benzene rings is 2. The maximum Gasteiger partial charge on any atom is 0.224 e. The lowest BCUT2D eigenvalue weighted by atomic mass is 10.2. The summed E-state index contributed by atoms with van der Waals surface area (Å²) >= 11 is 0. The Balaban J connectivity index is 2.27. The van der Waals surface area contributed by atoms with Gasteiger partial charge in [0.25, 0.3) is 0 Å². The van der Waals surface area contributed by atoms with Gasteiger partial charge >= 0.3 is 0 Å². The molecule has 92 valence electrons. The van der Waals surface area contributed by atoms with E-state index in [0.29, 0.717) is 12.2 Å². The van der Waals surface area contributed by atoms with Crippen LogP contribution < -0.4 is 10.6 Å². The van der Waals surface area contributed by atoms with Gasteiger partial charge < -0.3 is 10.6 Å². The molecule has 0 radical (unpaired) electrons. The highest BCUT2D eigenvalue weighted by Crippen LogP contribution is 2.20. The summed E-state index contributed by atoms with van der Waals surface area (Å²) in [6.45, 7) is 2.12. The minimum absolute atomic E-state index is 0.00412. The second kappa shape index (κ2) is 5.36. The van der Waals surface area contributed by atoms with Crippen molar-refractivity contribution in [2.24, 2.45) is 0 Å². The van der Waals surface area contributed by atoms with Gasteiger partial charge in [-0.05, 0) is 23.8 Å². The average molecular weight is 240 g/mol. The Kier molecular flexibility index (Phi) is 3.63. The Morgan fingerprint density at radius 2 is 1.83 bits per heavy atom. The van der Waals surface area contributed by atoms with Crippen LogP contribution in [0.15, 0.2) is 54.6 Å². The van der Waals surface area contributed by atoms with Crippen molar-refractivity contribution in [2.45, 2.75) is 13.5 Å². The molecule has 2 N–H and O–H groups in total. The summed E-state index contributed by atoms with van der Waals surface area (Å²) in [6.07, 6.45) is 0. The molecule has 2 aromatic rings. The number of rotatable bonds is 3. The number of nitrogens with two attached hydrogens (primary N) is 1. The number of nitrogens with zero attached hydrogens (tertiary/aromatic N) is 1. The Bertz CT molecular complexity index is 537. The first-order valence-electron chi connectivity index (χ1n) is 5.84. The number of carbonyl (C=O) groups excluding carboxylic acids is 1. The molecule has 2 aromatic carbocycles. The smallest absolute Gasteiger partial charge is 0.224 e. The van der Waals surface area contributed by atoms with Gasteiger partial charge in [0, 0.05) is 18.3 Å². The molecule has 0 unspecified atom stereocenters. The molecule has 2 rings (SSSR count). The van der Waals surface area contributed by atoms with Crippen molar-refractivity contribution in [1.29, 1.82) is 0 Å². The van der Waals surface area contributed by atoms with E-state index in [-0.39, 0.29) is 5.91 Å². The van der Waals surface area contributed by atoms with Gasteiger partial charge in [-0.25, -0.2) is 0 Å². The fourth-order valence-electron chi connectivity index (χ4n) is 1.84. The van der Waals surface area contributed by atoms with Crippen LogP contribution in [-0.4, -0.2) is 5.91 Å². The third-order valence-corrected chi connectivity index (χ3v) is 2.75. The van der Waals surface area contributed by atoms with E-state index in [1.807, 2.05) is 54.6 Å². The number of amides is 1. The maximum atomic E-state index is 11.7. The first-order chi connectivity index (χ1) is 8.66. The van der Waals surface area contributed by atoms with Gasteiger partial charge in [-0.3, -0.25) is 4.79 Å². The molecule has 1 amide bonds. The number of anilines is 2. The summed E-state index contributed by atoms with van der Waals surface area (Å²) in [6, 6.07) is 17.3. The van der Waals surface area contributed by atoms with Crippen LogP contribution >= 0.6 is 0 Å². The number of carbonyl (C=O) groups is 1. The standard InChI is InChI=1S/C15H16N2O/c1-12(18)17(11-13-6-3-2-4-7-13)15-9-5-8-14(16)10-15/h2-10H,11,16H2,1H3. The largest absolute Gasteiger partial charge is 0.399 e. The van der Waals surface area contributed by atoms with Crippen LogP contribution in [0.2, 0.25) is 0 Å². The highest BCUT2D eigenvalue weighted by Gasteiger charge is 2.11. The van der Waals surface area contributed by atoms with Crippen molar-refractivity contribution < 1.29 is 4.79 Å². The molecule has 0 spiro atoms. The van der Waals surface area contributed by atoms with Crippen LogP contribution in [0, 0.1) is 0 Å². The summed E-state index contributed by atoms with van der Waals surface area (Å²) in [5, 5.41) is 0. The van der Waals surface area contributed by atoms with Crippen molar-refractivity contribution in [2.75, 3.05) is 10.6 Å². The third-order valence-electron chi connectivity index (χ3n) is 2.75. The molecule has 0 atom stereocenters. The number of hydrogen-bond donors (Lipinski definition) is 1. The molecular formula is C15H16N2O. The molecule has 0 aliphatic carbocycles. The van der Waals surface area contributed by atoms with Crippen molar-refractivity contribution in [3.05, 3.63) is 60.2 Å². The molecule has 3 nitrogen and oxygen atoms in total. The van der Waals surface area contributed by atoms with E-state index in [2.05, 4.69) is 0 Å². The molecule has 0 saturated heterocycles. The van der Waals surface area contributed by atoms with Crippen molar-refractivity contribution in [3.8, 4) is 0 Å². The Labute approximate surface area is 107 Å². The van der Waals surface area contributed by atoms with Crippen LogP contribution in [-0.2, 0) is 11.3 Å². The summed E-state index contributed by atoms with van der Waals surface area (Å²) in [5.74, 6) is 0.00412. The molecule has 0 heterocycles. The molecule has 0 aromatic heterocycles. The monoisotopic (exact) mass is 240 g/mol. The van der Waals surface area contributed by atoms with Crippen molar-refractivity contribution in [1.82, 2.24) is 0 Å². The van der Waals surface area contributed by atoms with Gasteiger partial charge in [-0.2, -0.15) is 0 Å². The Hall–Kier alpha value is -2.29. The van der Waals surface area contributed by atoms with Gasteiger partial charge in [0.15, 0.2) is 0 Å². The second-order valence-electron chi connectivity index (χ2n) is 4.19. The van der Waals surface area contributed by atoms with E-state index >= 15 is 0 Å². The normalized spacial score (nSPS) is 10.1. The summed E-state index contributed by atoms with van der Waals surface area (Å²) in [7, 11) is 0. The molecule has 18 heavy (non-hydrogen) atoms. The fraction of sp³-hybridized carbons (Fsp3) is 0.133. The van der Waals surface area contributed by atoms with Crippen molar-refractivity contribution >= 4 is 17.3 Å². The molecule has 0 aliphatic heterocycles. The van der Waals surface area contributed by atoms with E-state index in [4.69, 9.17) is 5.73 Å². The van der Waals surface area contributed by atoms with Crippen LogP contribution in [0.25, 0.3) is 0 Å². The summed E-state index contributed by atoms with van der Waals surface area (Å²) < 4.78 is 0. The van der Waals surface area contributed by atoms with Gasteiger partial charge in [0.1, 0.15) is 0 Å². The number of nitrogen functional groups attached to an aromatic ring is 1. The predicted molar refractivity (Wildman–Crippen MR) is 74.2 cm³/mol. The molecule has 0 saturated carbocycles. The van der Waals surface area contributed by atoms with Gasteiger partial charge in [0.05, 0.1) is 6.54 Å². The third kappa shape index (κ3) is 2.88. The van der Waals surface area contributed by atoms with E-state index in [1.54, 1.807) is 11.8 Å². The molecule has 3 heteroatoms. The molecule has 0 bridgehead atoms. The zero-order chi connectivity index (χ0) is 13.0. The Morgan fingerprint density at radius 3 is 2.44 bits per heavy atom. The van der Waals surface area contributed by atoms with Crippen LogP contribution in [0.3, 0.4) is 0 Å².